The fraction of sp³-hybridized carbons (Fsp3) is 0.200. The lowest BCUT2D eigenvalue weighted by Gasteiger charge is -2.17. The maximum atomic E-state index is 13.9. The van der Waals surface area contributed by atoms with Gasteiger partial charge < -0.3 is 10.1 Å². The Kier molecular flexibility index (Phi) is 4.29. The molecule has 0 amide bonds. The molecule has 2 aromatic carbocycles. The molecule has 0 saturated carbocycles. The topological polar surface area (TPSA) is 21.3 Å². The largest absolute Gasteiger partial charge is 0.454 e. The summed E-state index contributed by atoms with van der Waals surface area (Å²) < 4.78 is 45.5. The predicted octanol–water partition coefficient (Wildman–Crippen LogP) is 4.18. The van der Waals surface area contributed by atoms with Gasteiger partial charge in [0.05, 0.1) is 0 Å². The molecule has 0 spiro atoms. The number of para-hydroxylation sites is 1. The van der Waals surface area contributed by atoms with Crippen LogP contribution in [0.15, 0.2) is 36.4 Å². The normalized spacial score (nSPS) is 12.2. The summed E-state index contributed by atoms with van der Waals surface area (Å²) in [4.78, 5) is 0. The van der Waals surface area contributed by atoms with Crippen LogP contribution < -0.4 is 10.1 Å². The molecular weight excluding hydrogens is 267 g/mol. The van der Waals surface area contributed by atoms with Crippen LogP contribution in [0.1, 0.15) is 18.5 Å². The number of hydrogen-bond acceptors (Lipinski definition) is 2. The van der Waals surface area contributed by atoms with E-state index in [0.717, 1.165) is 18.2 Å². The zero-order valence-corrected chi connectivity index (χ0v) is 11.1. The summed E-state index contributed by atoms with van der Waals surface area (Å²) in [6, 6.07) is 7.04. The zero-order chi connectivity index (χ0) is 14.7. The number of nitrogens with one attached hydrogen (secondary N) is 1. The van der Waals surface area contributed by atoms with Crippen molar-refractivity contribution in [3.63, 3.8) is 0 Å². The maximum absolute atomic E-state index is 13.9. The standard InChI is InChI=1S/C15H14F3NO/c1-9(19-2)13-4-3-5-14(18)15(13)20-12-7-10(16)6-11(17)8-12/h3-9,19H,1-2H3. The lowest BCUT2D eigenvalue weighted by molar-refractivity contribution is 0.421. The molecule has 1 atom stereocenters. The first-order valence-corrected chi connectivity index (χ1v) is 6.11. The second kappa shape index (κ2) is 5.96. The zero-order valence-electron chi connectivity index (χ0n) is 11.1. The van der Waals surface area contributed by atoms with E-state index in [4.69, 9.17) is 4.74 Å². The van der Waals surface area contributed by atoms with Crippen molar-refractivity contribution < 1.29 is 17.9 Å². The van der Waals surface area contributed by atoms with E-state index < -0.39 is 17.5 Å². The van der Waals surface area contributed by atoms with E-state index in [1.165, 1.54) is 6.07 Å². The summed E-state index contributed by atoms with van der Waals surface area (Å²) in [5.74, 6) is -2.27. The van der Waals surface area contributed by atoms with Gasteiger partial charge in [0.15, 0.2) is 11.6 Å². The molecule has 0 aromatic heterocycles. The highest BCUT2D eigenvalue weighted by Gasteiger charge is 2.16. The molecule has 2 rings (SSSR count). The van der Waals surface area contributed by atoms with Crippen molar-refractivity contribution in [1.29, 1.82) is 0 Å². The molecule has 0 saturated heterocycles. The number of rotatable bonds is 4. The Morgan fingerprint density at radius 3 is 2.30 bits per heavy atom. The van der Waals surface area contributed by atoms with Gasteiger partial charge in [0.2, 0.25) is 0 Å². The SMILES string of the molecule is CNC(C)c1cccc(F)c1Oc1cc(F)cc(F)c1. The van der Waals surface area contributed by atoms with Gasteiger partial charge in [-0.15, -0.1) is 0 Å². The van der Waals surface area contributed by atoms with E-state index in [1.807, 2.05) is 6.92 Å². The fourth-order valence-corrected chi connectivity index (χ4v) is 1.83. The van der Waals surface area contributed by atoms with Gasteiger partial charge in [0, 0.05) is 29.8 Å². The number of benzene rings is 2. The Morgan fingerprint density at radius 1 is 1.05 bits per heavy atom. The third kappa shape index (κ3) is 3.11. The van der Waals surface area contributed by atoms with Gasteiger partial charge in [-0.1, -0.05) is 12.1 Å². The van der Waals surface area contributed by atoms with Crippen molar-refractivity contribution in [2.45, 2.75) is 13.0 Å². The molecule has 106 valence electrons. The highest BCUT2D eigenvalue weighted by atomic mass is 19.1. The van der Waals surface area contributed by atoms with Crippen molar-refractivity contribution in [3.05, 3.63) is 59.4 Å². The van der Waals surface area contributed by atoms with Crippen molar-refractivity contribution in [1.82, 2.24) is 5.32 Å². The minimum Gasteiger partial charge on any atom is -0.454 e. The van der Waals surface area contributed by atoms with E-state index in [0.29, 0.717) is 5.56 Å². The maximum Gasteiger partial charge on any atom is 0.167 e. The van der Waals surface area contributed by atoms with Crippen molar-refractivity contribution in [2.24, 2.45) is 0 Å². The molecule has 0 fully saturated rings. The Hall–Kier alpha value is -2.01. The second-order valence-corrected chi connectivity index (χ2v) is 4.38. The molecule has 0 heterocycles. The molecule has 2 aromatic rings. The van der Waals surface area contributed by atoms with Crippen LogP contribution in [0.5, 0.6) is 11.5 Å². The highest BCUT2D eigenvalue weighted by molar-refractivity contribution is 5.41. The molecule has 5 heteroatoms. The quantitative estimate of drug-likeness (QED) is 0.908. The Labute approximate surface area is 115 Å². The number of halogens is 3. The summed E-state index contributed by atoms with van der Waals surface area (Å²) >= 11 is 0. The van der Waals surface area contributed by atoms with Crippen molar-refractivity contribution in [2.75, 3.05) is 7.05 Å². The molecule has 0 radical (unpaired) electrons. The Morgan fingerprint density at radius 2 is 1.70 bits per heavy atom. The van der Waals surface area contributed by atoms with Gasteiger partial charge in [-0.05, 0) is 20.0 Å². The molecule has 0 bridgehead atoms. The second-order valence-electron chi connectivity index (χ2n) is 4.38. The van der Waals surface area contributed by atoms with Crippen LogP contribution in [-0.4, -0.2) is 7.05 Å². The summed E-state index contributed by atoms with van der Waals surface area (Å²) in [5.41, 5.74) is 0.567. The average molecular weight is 281 g/mol. The van der Waals surface area contributed by atoms with Gasteiger partial charge in [-0.2, -0.15) is 0 Å². The summed E-state index contributed by atoms with van der Waals surface area (Å²) in [7, 11) is 1.72. The lowest BCUT2D eigenvalue weighted by Crippen LogP contribution is -2.13. The third-order valence-electron chi connectivity index (χ3n) is 2.95. The van der Waals surface area contributed by atoms with E-state index >= 15 is 0 Å². The van der Waals surface area contributed by atoms with Gasteiger partial charge in [-0.25, -0.2) is 13.2 Å². The molecule has 1 N–H and O–H groups in total. The van der Waals surface area contributed by atoms with Gasteiger partial charge in [-0.3, -0.25) is 0 Å². The van der Waals surface area contributed by atoms with Crippen molar-refractivity contribution >= 4 is 0 Å². The van der Waals surface area contributed by atoms with Crippen LogP contribution in [-0.2, 0) is 0 Å². The van der Waals surface area contributed by atoms with E-state index in [9.17, 15) is 13.2 Å². The van der Waals surface area contributed by atoms with Crippen LogP contribution in [0.25, 0.3) is 0 Å². The van der Waals surface area contributed by atoms with Crippen LogP contribution >= 0.6 is 0 Å². The minimum atomic E-state index is -0.778. The molecule has 20 heavy (non-hydrogen) atoms. The minimum absolute atomic E-state index is 0.0423. The average Bonchev–Trinajstić information content (AvgIpc) is 2.39. The number of ether oxygens (including phenoxy) is 1. The molecular formula is C15H14F3NO. The first kappa shape index (κ1) is 14.4. The Balaban J connectivity index is 2.42. The molecule has 0 aliphatic rings. The molecule has 1 unspecified atom stereocenters. The van der Waals surface area contributed by atoms with E-state index in [2.05, 4.69) is 5.32 Å². The van der Waals surface area contributed by atoms with Crippen LogP contribution in [0.3, 0.4) is 0 Å². The van der Waals surface area contributed by atoms with Crippen LogP contribution in [0.4, 0.5) is 13.2 Å². The molecule has 2 nitrogen and oxygen atoms in total. The Bertz CT molecular complexity index is 596. The summed E-state index contributed by atoms with van der Waals surface area (Å²) in [6.07, 6.45) is 0. The number of hydrogen-bond donors (Lipinski definition) is 1. The van der Waals surface area contributed by atoms with E-state index in [1.54, 1.807) is 19.2 Å². The van der Waals surface area contributed by atoms with Crippen molar-refractivity contribution in [3.8, 4) is 11.5 Å². The highest BCUT2D eigenvalue weighted by Crippen LogP contribution is 2.32. The monoisotopic (exact) mass is 281 g/mol. The van der Waals surface area contributed by atoms with Gasteiger partial charge >= 0.3 is 0 Å². The molecule has 0 aliphatic carbocycles. The summed E-state index contributed by atoms with van der Waals surface area (Å²) in [5, 5.41) is 2.96. The van der Waals surface area contributed by atoms with Gasteiger partial charge in [0.25, 0.3) is 0 Å². The van der Waals surface area contributed by atoms with Crippen LogP contribution in [0.2, 0.25) is 0 Å². The van der Waals surface area contributed by atoms with Gasteiger partial charge in [0.1, 0.15) is 17.4 Å². The lowest BCUT2D eigenvalue weighted by atomic mass is 10.1. The molecule has 0 aliphatic heterocycles. The first-order valence-electron chi connectivity index (χ1n) is 6.11. The third-order valence-corrected chi connectivity index (χ3v) is 2.95. The van der Waals surface area contributed by atoms with Crippen LogP contribution in [0, 0.1) is 17.5 Å². The first-order chi connectivity index (χ1) is 9.51. The predicted molar refractivity (Wildman–Crippen MR) is 70.3 cm³/mol. The van der Waals surface area contributed by atoms with E-state index in [-0.39, 0.29) is 17.5 Å². The smallest absolute Gasteiger partial charge is 0.167 e. The summed E-state index contributed by atoms with van der Waals surface area (Å²) in [6.45, 7) is 1.83. The fourth-order valence-electron chi connectivity index (χ4n) is 1.83.